The van der Waals surface area contributed by atoms with Crippen LogP contribution in [0.3, 0.4) is 0 Å². The molecule has 0 atom stereocenters. The third-order valence-electron chi connectivity index (χ3n) is 5.44. The summed E-state index contributed by atoms with van der Waals surface area (Å²) in [4.78, 5) is 11.8. The van der Waals surface area contributed by atoms with Crippen molar-refractivity contribution in [3.8, 4) is 22.8 Å². The van der Waals surface area contributed by atoms with Crippen LogP contribution in [0, 0.1) is 0 Å². The highest BCUT2D eigenvalue weighted by Crippen LogP contribution is 2.34. The molecule has 0 fully saturated rings. The molecule has 33 heavy (non-hydrogen) atoms. The van der Waals surface area contributed by atoms with Crippen LogP contribution >= 0.6 is 0 Å². The highest BCUT2D eigenvalue weighted by Gasteiger charge is 2.14. The van der Waals surface area contributed by atoms with Crippen LogP contribution in [-0.4, -0.2) is 43.3 Å². The third kappa shape index (κ3) is 5.41. The van der Waals surface area contributed by atoms with Crippen molar-refractivity contribution in [2.45, 2.75) is 19.9 Å². The minimum Gasteiger partial charge on any atom is -0.497 e. The van der Waals surface area contributed by atoms with Crippen LogP contribution in [0.5, 0.6) is 11.5 Å². The van der Waals surface area contributed by atoms with Crippen LogP contribution in [0.1, 0.15) is 13.8 Å². The van der Waals surface area contributed by atoms with Gasteiger partial charge in [-0.05, 0) is 18.2 Å². The third-order valence-corrected chi connectivity index (χ3v) is 5.44. The number of methoxy groups -OCH3 is 2. The molecule has 6 nitrogen and oxygen atoms in total. The molecule has 0 radical (unpaired) electrons. The Kier molecular flexibility index (Phi) is 7.05. The molecule has 0 saturated carbocycles. The molecule has 0 bridgehead atoms. The van der Waals surface area contributed by atoms with Crippen molar-refractivity contribution in [3.05, 3.63) is 72.9 Å². The van der Waals surface area contributed by atoms with E-state index >= 15 is 0 Å². The van der Waals surface area contributed by atoms with E-state index in [2.05, 4.69) is 41.2 Å². The number of fused-ring (bicyclic) bond motifs is 1. The lowest BCUT2D eigenvalue weighted by molar-refractivity contribution is 0.394. The SMILES string of the molecule is COc1cc(OC)cc(N(CCNC(C)C)c2ccc3ncc(-c4ccccc4)nc3c2)c1. The average Bonchev–Trinajstić information content (AvgIpc) is 2.86. The Hall–Kier alpha value is -3.64. The molecular formula is C27H30N4O2. The van der Waals surface area contributed by atoms with Crippen LogP contribution in [-0.2, 0) is 0 Å². The van der Waals surface area contributed by atoms with E-state index in [-0.39, 0.29) is 0 Å². The summed E-state index contributed by atoms with van der Waals surface area (Å²) >= 11 is 0. The number of hydrogen-bond donors (Lipinski definition) is 1. The predicted octanol–water partition coefficient (Wildman–Crippen LogP) is 5.45. The fourth-order valence-corrected chi connectivity index (χ4v) is 3.74. The Balaban J connectivity index is 1.76. The lowest BCUT2D eigenvalue weighted by atomic mass is 10.1. The van der Waals surface area contributed by atoms with E-state index in [1.165, 1.54) is 0 Å². The zero-order valence-electron chi connectivity index (χ0n) is 19.6. The quantitative estimate of drug-likeness (QED) is 0.372. The van der Waals surface area contributed by atoms with Crippen molar-refractivity contribution in [1.82, 2.24) is 15.3 Å². The van der Waals surface area contributed by atoms with Crippen molar-refractivity contribution in [1.29, 1.82) is 0 Å². The molecule has 0 aliphatic heterocycles. The van der Waals surface area contributed by atoms with Crippen molar-refractivity contribution in [2.24, 2.45) is 0 Å². The molecule has 1 heterocycles. The molecule has 3 aromatic carbocycles. The minimum atomic E-state index is 0.405. The van der Waals surface area contributed by atoms with Gasteiger partial charge < -0.3 is 19.7 Å². The van der Waals surface area contributed by atoms with Gasteiger partial charge >= 0.3 is 0 Å². The molecule has 0 spiro atoms. The van der Waals surface area contributed by atoms with E-state index in [0.717, 1.165) is 58.3 Å². The van der Waals surface area contributed by atoms with Gasteiger partial charge in [-0.3, -0.25) is 4.98 Å². The van der Waals surface area contributed by atoms with Gasteiger partial charge in [0.1, 0.15) is 11.5 Å². The van der Waals surface area contributed by atoms with Gasteiger partial charge in [0.2, 0.25) is 0 Å². The molecule has 0 unspecified atom stereocenters. The van der Waals surface area contributed by atoms with E-state index in [1.807, 2.05) is 60.8 Å². The van der Waals surface area contributed by atoms with Crippen LogP contribution < -0.4 is 19.7 Å². The number of benzene rings is 3. The average molecular weight is 443 g/mol. The number of rotatable bonds is 9. The van der Waals surface area contributed by atoms with E-state index in [1.54, 1.807) is 14.2 Å². The van der Waals surface area contributed by atoms with Gasteiger partial charge in [0.05, 0.1) is 37.1 Å². The van der Waals surface area contributed by atoms with Gasteiger partial charge in [-0.25, -0.2) is 4.98 Å². The Morgan fingerprint density at radius 2 is 1.58 bits per heavy atom. The normalized spacial score (nSPS) is 11.1. The first-order chi connectivity index (χ1) is 16.1. The summed E-state index contributed by atoms with van der Waals surface area (Å²) in [6, 6.07) is 22.6. The fourth-order valence-electron chi connectivity index (χ4n) is 3.74. The highest BCUT2D eigenvalue weighted by atomic mass is 16.5. The lowest BCUT2D eigenvalue weighted by Crippen LogP contribution is -2.32. The first-order valence-electron chi connectivity index (χ1n) is 11.1. The van der Waals surface area contributed by atoms with Crippen LogP contribution in [0.2, 0.25) is 0 Å². The van der Waals surface area contributed by atoms with E-state index in [9.17, 15) is 0 Å². The maximum Gasteiger partial charge on any atom is 0.124 e. The van der Waals surface area contributed by atoms with E-state index < -0.39 is 0 Å². The second kappa shape index (κ2) is 10.3. The summed E-state index contributed by atoms with van der Waals surface area (Å²) < 4.78 is 11.0. The first kappa shape index (κ1) is 22.6. The van der Waals surface area contributed by atoms with Gasteiger partial charge in [0.25, 0.3) is 0 Å². The summed E-state index contributed by atoms with van der Waals surface area (Å²) in [6.45, 7) is 5.89. The maximum absolute atomic E-state index is 5.52. The van der Waals surface area contributed by atoms with Crippen molar-refractivity contribution < 1.29 is 9.47 Å². The van der Waals surface area contributed by atoms with Crippen LogP contribution in [0.4, 0.5) is 11.4 Å². The Morgan fingerprint density at radius 3 is 2.24 bits per heavy atom. The number of nitrogens with zero attached hydrogens (tertiary/aromatic N) is 3. The highest BCUT2D eigenvalue weighted by molar-refractivity contribution is 5.82. The smallest absolute Gasteiger partial charge is 0.124 e. The zero-order chi connectivity index (χ0) is 23.2. The van der Waals surface area contributed by atoms with Gasteiger partial charge in [0, 0.05) is 54.3 Å². The fraction of sp³-hybridized carbons (Fsp3) is 0.259. The Morgan fingerprint density at radius 1 is 0.848 bits per heavy atom. The minimum absolute atomic E-state index is 0.405. The van der Waals surface area contributed by atoms with E-state index in [0.29, 0.717) is 6.04 Å². The Bertz CT molecular complexity index is 1190. The molecule has 0 amide bonds. The predicted molar refractivity (Wildman–Crippen MR) is 135 cm³/mol. The molecule has 4 aromatic rings. The van der Waals surface area contributed by atoms with E-state index in [4.69, 9.17) is 14.5 Å². The van der Waals surface area contributed by atoms with Crippen molar-refractivity contribution >= 4 is 22.4 Å². The second-order valence-corrected chi connectivity index (χ2v) is 8.13. The van der Waals surface area contributed by atoms with Crippen LogP contribution in [0.25, 0.3) is 22.3 Å². The largest absolute Gasteiger partial charge is 0.497 e. The summed E-state index contributed by atoms with van der Waals surface area (Å²) in [5.41, 5.74) is 5.64. The van der Waals surface area contributed by atoms with Crippen molar-refractivity contribution in [2.75, 3.05) is 32.2 Å². The Labute approximate surface area is 195 Å². The van der Waals surface area contributed by atoms with Crippen LogP contribution in [0.15, 0.2) is 72.9 Å². The van der Waals surface area contributed by atoms with Crippen molar-refractivity contribution in [3.63, 3.8) is 0 Å². The number of hydrogen-bond acceptors (Lipinski definition) is 6. The second-order valence-electron chi connectivity index (χ2n) is 8.13. The summed E-state index contributed by atoms with van der Waals surface area (Å²) in [5, 5.41) is 3.51. The number of nitrogens with one attached hydrogen (secondary N) is 1. The molecule has 6 heteroatoms. The number of anilines is 2. The zero-order valence-corrected chi connectivity index (χ0v) is 19.6. The first-order valence-corrected chi connectivity index (χ1v) is 11.1. The lowest BCUT2D eigenvalue weighted by Gasteiger charge is -2.27. The van der Waals surface area contributed by atoms with Gasteiger partial charge in [-0.2, -0.15) is 0 Å². The number of aromatic nitrogens is 2. The molecule has 0 aliphatic rings. The summed E-state index contributed by atoms with van der Waals surface area (Å²) in [7, 11) is 3.33. The van der Waals surface area contributed by atoms with Gasteiger partial charge in [-0.1, -0.05) is 44.2 Å². The molecule has 170 valence electrons. The standard InChI is InChI=1S/C27H30N4O2/c1-19(2)28-12-13-31(22-14-23(32-3)17-24(15-22)33-4)21-10-11-25-26(16-21)30-27(18-29-25)20-8-6-5-7-9-20/h5-11,14-19,28H,12-13H2,1-4H3. The molecule has 0 aliphatic carbocycles. The summed E-state index contributed by atoms with van der Waals surface area (Å²) in [5.74, 6) is 1.50. The monoisotopic (exact) mass is 442 g/mol. The molecule has 1 N–H and O–H groups in total. The summed E-state index contributed by atoms with van der Waals surface area (Å²) in [6.07, 6.45) is 1.83. The molecular weight excluding hydrogens is 412 g/mol. The maximum atomic E-state index is 5.52. The molecule has 0 saturated heterocycles. The molecule has 1 aromatic heterocycles. The van der Waals surface area contributed by atoms with Gasteiger partial charge in [-0.15, -0.1) is 0 Å². The molecule has 4 rings (SSSR count). The topological polar surface area (TPSA) is 59.5 Å². The van der Waals surface area contributed by atoms with Gasteiger partial charge in [0.15, 0.2) is 0 Å². The number of ether oxygens (including phenoxy) is 2.